The molecule has 2 fully saturated rings. The van der Waals surface area contributed by atoms with Crippen LogP contribution in [-0.2, 0) is 16.1 Å². The molecule has 1 atom stereocenters. The lowest BCUT2D eigenvalue weighted by molar-refractivity contribution is -0.132. The highest BCUT2D eigenvalue weighted by Crippen LogP contribution is 2.24. The van der Waals surface area contributed by atoms with Gasteiger partial charge >= 0.3 is 0 Å². The fourth-order valence-electron chi connectivity index (χ4n) is 3.41. The topological polar surface area (TPSA) is 82.8 Å². The van der Waals surface area contributed by atoms with E-state index >= 15 is 0 Å². The van der Waals surface area contributed by atoms with Crippen molar-refractivity contribution in [3.05, 3.63) is 30.4 Å². The van der Waals surface area contributed by atoms with Crippen LogP contribution in [0, 0.1) is 5.92 Å². The molecular formula is C16H20N6O2. The van der Waals surface area contributed by atoms with Crippen molar-refractivity contribution in [3.8, 4) is 0 Å². The lowest BCUT2D eigenvalue weighted by Gasteiger charge is -2.42. The van der Waals surface area contributed by atoms with Crippen molar-refractivity contribution in [3.63, 3.8) is 0 Å². The average molecular weight is 328 g/mol. The molecule has 1 N–H and O–H groups in total. The first-order chi connectivity index (χ1) is 11.6. The van der Waals surface area contributed by atoms with E-state index in [9.17, 15) is 9.59 Å². The third-order valence-corrected chi connectivity index (χ3v) is 4.78. The van der Waals surface area contributed by atoms with Gasteiger partial charge in [-0.3, -0.25) is 14.0 Å². The van der Waals surface area contributed by atoms with Crippen LogP contribution >= 0.6 is 0 Å². The number of imidazole rings is 1. The molecule has 24 heavy (non-hydrogen) atoms. The Hall–Kier alpha value is -2.48. The van der Waals surface area contributed by atoms with Crippen molar-refractivity contribution < 1.29 is 9.59 Å². The zero-order valence-corrected chi connectivity index (χ0v) is 13.6. The number of likely N-dealkylation sites (N-methyl/N-ethyl adjacent to an activating group) is 1. The molecule has 4 rings (SSSR count). The van der Waals surface area contributed by atoms with Crippen molar-refractivity contribution in [2.75, 3.05) is 26.7 Å². The molecule has 2 aromatic heterocycles. The normalized spacial score (nSPS) is 22.1. The maximum Gasteiger partial charge on any atom is 0.233 e. The van der Waals surface area contributed by atoms with Gasteiger partial charge in [0.15, 0.2) is 0 Å². The lowest BCUT2D eigenvalue weighted by atomic mass is 10.1. The summed E-state index contributed by atoms with van der Waals surface area (Å²) >= 11 is 0. The Kier molecular flexibility index (Phi) is 3.68. The second-order valence-corrected chi connectivity index (χ2v) is 6.64. The molecule has 1 unspecified atom stereocenters. The molecule has 0 radical (unpaired) electrons. The minimum absolute atomic E-state index is 0.0655. The molecule has 2 aromatic rings. The summed E-state index contributed by atoms with van der Waals surface area (Å²) < 4.78 is 1.81. The van der Waals surface area contributed by atoms with Crippen LogP contribution in [0.25, 0.3) is 5.78 Å². The van der Waals surface area contributed by atoms with Crippen molar-refractivity contribution in [2.24, 2.45) is 5.92 Å². The third kappa shape index (κ3) is 2.73. The molecule has 2 amide bonds. The minimum Gasteiger partial charge on any atom is -0.352 e. The van der Waals surface area contributed by atoms with Gasteiger partial charge in [-0.15, -0.1) is 0 Å². The van der Waals surface area contributed by atoms with Crippen LogP contribution < -0.4 is 5.32 Å². The van der Waals surface area contributed by atoms with E-state index in [-0.39, 0.29) is 23.8 Å². The Balaban J connectivity index is 1.33. The van der Waals surface area contributed by atoms with Crippen LogP contribution in [-0.4, -0.2) is 68.7 Å². The Morgan fingerprint density at radius 3 is 2.96 bits per heavy atom. The van der Waals surface area contributed by atoms with Gasteiger partial charge in [0.2, 0.25) is 17.6 Å². The highest BCUT2D eigenvalue weighted by molar-refractivity contribution is 5.89. The third-order valence-electron chi connectivity index (χ3n) is 4.78. The second-order valence-electron chi connectivity index (χ2n) is 6.64. The zero-order valence-electron chi connectivity index (χ0n) is 13.6. The predicted octanol–water partition coefficient (Wildman–Crippen LogP) is -0.492. The van der Waals surface area contributed by atoms with Gasteiger partial charge in [0.05, 0.1) is 12.0 Å². The fourth-order valence-corrected chi connectivity index (χ4v) is 3.41. The number of rotatable bonds is 4. The molecule has 2 aliphatic heterocycles. The quantitative estimate of drug-likeness (QED) is 0.819. The summed E-state index contributed by atoms with van der Waals surface area (Å²) in [6.45, 7) is 2.73. The van der Waals surface area contributed by atoms with E-state index in [0.29, 0.717) is 25.3 Å². The van der Waals surface area contributed by atoms with Gasteiger partial charge in [-0.25, -0.2) is 9.97 Å². The van der Waals surface area contributed by atoms with Crippen molar-refractivity contribution >= 4 is 17.6 Å². The van der Waals surface area contributed by atoms with Crippen LogP contribution in [0.5, 0.6) is 0 Å². The number of nitrogens with zero attached hydrogens (tertiary/aromatic N) is 5. The molecule has 126 valence electrons. The maximum atomic E-state index is 12.4. The van der Waals surface area contributed by atoms with Crippen molar-refractivity contribution in [1.82, 2.24) is 29.5 Å². The van der Waals surface area contributed by atoms with E-state index in [0.717, 1.165) is 18.7 Å². The fraction of sp³-hybridized carbons (Fsp3) is 0.500. The first kappa shape index (κ1) is 15.1. The second kappa shape index (κ2) is 5.86. The van der Waals surface area contributed by atoms with Gasteiger partial charge in [-0.2, -0.15) is 0 Å². The van der Waals surface area contributed by atoms with Crippen LogP contribution in [0.2, 0.25) is 0 Å². The Morgan fingerprint density at radius 2 is 2.17 bits per heavy atom. The van der Waals surface area contributed by atoms with Gasteiger partial charge < -0.3 is 15.1 Å². The number of hydrogen-bond donors (Lipinski definition) is 1. The molecule has 8 heteroatoms. The summed E-state index contributed by atoms with van der Waals surface area (Å²) in [6, 6.07) is 0.271. The van der Waals surface area contributed by atoms with Crippen LogP contribution in [0.1, 0.15) is 12.0 Å². The first-order valence-electron chi connectivity index (χ1n) is 8.13. The molecule has 0 bridgehead atoms. The molecule has 2 saturated heterocycles. The lowest BCUT2D eigenvalue weighted by Crippen LogP contribution is -2.58. The molecule has 4 heterocycles. The SMILES string of the molecule is CN1CC(N2CC(C(=O)NCc3cnc4nccn4c3)CC2=O)C1. The largest absolute Gasteiger partial charge is 0.352 e. The van der Waals surface area contributed by atoms with E-state index in [1.807, 2.05) is 28.7 Å². The van der Waals surface area contributed by atoms with Crippen LogP contribution in [0.3, 0.4) is 0 Å². The number of likely N-dealkylation sites (tertiary alicyclic amines) is 2. The van der Waals surface area contributed by atoms with Gasteiger partial charge in [0.1, 0.15) is 0 Å². The number of amides is 2. The summed E-state index contributed by atoms with van der Waals surface area (Å²) in [5.74, 6) is 0.403. The Morgan fingerprint density at radius 1 is 1.33 bits per heavy atom. The van der Waals surface area contributed by atoms with Crippen LogP contribution in [0.15, 0.2) is 24.8 Å². The van der Waals surface area contributed by atoms with E-state index in [1.165, 1.54) is 0 Å². The molecular weight excluding hydrogens is 308 g/mol. The molecule has 0 aliphatic carbocycles. The van der Waals surface area contributed by atoms with E-state index in [4.69, 9.17) is 0 Å². The van der Waals surface area contributed by atoms with Gasteiger partial charge in [-0.05, 0) is 7.05 Å². The maximum absolute atomic E-state index is 12.4. The highest BCUT2D eigenvalue weighted by Gasteiger charge is 2.41. The molecule has 2 aliphatic rings. The van der Waals surface area contributed by atoms with E-state index in [1.54, 1.807) is 12.4 Å². The van der Waals surface area contributed by atoms with Gasteiger partial charge in [0, 0.05) is 63.0 Å². The van der Waals surface area contributed by atoms with Gasteiger partial charge in [-0.1, -0.05) is 0 Å². The molecule has 0 saturated carbocycles. The molecule has 0 aromatic carbocycles. The Bertz CT molecular complexity index is 782. The number of nitrogens with one attached hydrogen (secondary N) is 1. The summed E-state index contributed by atoms with van der Waals surface area (Å²) in [4.78, 5) is 36.9. The zero-order chi connectivity index (χ0) is 16.7. The average Bonchev–Trinajstić information content (AvgIpc) is 3.15. The Labute approximate surface area is 139 Å². The standard InChI is InChI=1S/C16H20N6O2/c1-20-9-13(10-20)22-8-12(4-14(22)23)15(24)18-5-11-6-19-16-17-2-3-21(16)7-11/h2-3,6-7,12-13H,4-5,8-10H2,1H3,(H,18,24). The molecule has 8 nitrogen and oxygen atoms in total. The number of fused-ring (bicyclic) bond motifs is 1. The van der Waals surface area contributed by atoms with Gasteiger partial charge in [0.25, 0.3) is 0 Å². The minimum atomic E-state index is -0.256. The number of carbonyl (C=O) groups is 2. The molecule has 0 spiro atoms. The summed E-state index contributed by atoms with van der Waals surface area (Å²) in [7, 11) is 2.03. The smallest absolute Gasteiger partial charge is 0.233 e. The summed E-state index contributed by atoms with van der Waals surface area (Å²) in [5.41, 5.74) is 0.899. The summed E-state index contributed by atoms with van der Waals surface area (Å²) in [5, 5.41) is 2.92. The van der Waals surface area contributed by atoms with Crippen molar-refractivity contribution in [2.45, 2.75) is 19.0 Å². The van der Waals surface area contributed by atoms with Crippen molar-refractivity contribution in [1.29, 1.82) is 0 Å². The number of hydrogen-bond acceptors (Lipinski definition) is 5. The number of carbonyl (C=O) groups excluding carboxylic acids is 2. The highest BCUT2D eigenvalue weighted by atomic mass is 16.2. The monoisotopic (exact) mass is 328 g/mol. The van der Waals surface area contributed by atoms with E-state index < -0.39 is 0 Å². The first-order valence-corrected chi connectivity index (χ1v) is 8.13. The summed E-state index contributed by atoms with van der Waals surface area (Å²) in [6.07, 6.45) is 7.41. The van der Waals surface area contributed by atoms with E-state index in [2.05, 4.69) is 20.2 Å². The number of aromatic nitrogens is 3. The van der Waals surface area contributed by atoms with Crippen LogP contribution in [0.4, 0.5) is 0 Å². The predicted molar refractivity (Wildman–Crippen MR) is 85.9 cm³/mol.